The lowest BCUT2D eigenvalue weighted by Gasteiger charge is -2.36. The van der Waals surface area contributed by atoms with E-state index in [2.05, 4.69) is 15.3 Å². The number of rotatable bonds is 7. The van der Waals surface area contributed by atoms with Crippen LogP contribution in [0.1, 0.15) is 41.9 Å². The summed E-state index contributed by atoms with van der Waals surface area (Å²) < 4.78 is 5.27. The van der Waals surface area contributed by atoms with E-state index in [1.807, 2.05) is 24.0 Å². The van der Waals surface area contributed by atoms with Crippen molar-refractivity contribution < 1.29 is 19.1 Å². The Hall–Kier alpha value is -2.78. The van der Waals surface area contributed by atoms with E-state index in [1.165, 1.54) is 4.90 Å². The third-order valence-electron chi connectivity index (χ3n) is 7.13. The van der Waals surface area contributed by atoms with E-state index in [9.17, 15) is 14.4 Å². The monoisotopic (exact) mass is 482 g/mol. The number of methoxy groups -OCH3 is 1. The summed E-state index contributed by atoms with van der Waals surface area (Å²) in [5, 5.41) is 3.14. The topological polar surface area (TPSA) is 83.1 Å². The van der Waals surface area contributed by atoms with Crippen molar-refractivity contribution in [3.8, 4) is 5.75 Å². The van der Waals surface area contributed by atoms with Crippen LogP contribution in [0.3, 0.4) is 0 Å². The lowest BCUT2D eigenvalue weighted by atomic mass is 9.75. The van der Waals surface area contributed by atoms with E-state index in [0.717, 1.165) is 43.2 Å². The number of aryl methyl sites for hydroxylation is 1. The molecule has 2 aliphatic heterocycles. The minimum atomic E-state index is -1.14. The fraction of sp³-hybridized carbons (Fsp3) is 0.520. The maximum absolute atomic E-state index is 13.6. The van der Waals surface area contributed by atoms with Gasteiger partial charge in [-0.25, -0.2) is 4.98 Å². The molecule has 5 rings (SSSR count). The zero-order valence-corrected chi connectivity index (χ0v) is 20.5. The van der Waals surface area contributed by atoms with Crippen molar-refractivity contribution in [2.45, 2.75) is 50.6 Å². The number of hydrogen-bond donors (Lipinski definition) is 0. The third kappa shape index (κ3) is 4.34. The summed E-state index contributed by atoms with van der Waals surface area (Å²) in [6.07, 6.45) is 1.76. The highest BCUT2D eigenvalue weighted by atomic mass is 32.1. The van der Waals surface area contributed by atoms with Crippen molar-refractivity contribution in [2.75, 3.05) is 33.3 Å². The molecule has 3 amide bonds. The van der Waals surface area contributed by atoms with Crippen LogP contribution in [0.4, 0.5) is 0 Å². The van der Waals surface area contributed by atoms with Crippen LogP contribution in [0.5, 0.6) is 5.75 Å². The number of piperazine rings is 1. The van der Waals surface area contributed by atoms with Crippen molar-refractivity contribution in [3.63, 3.8) is 0 Å². The third-order valence-corrected chi connectivity index (χ3v) is 7.96. The number of carbonyl (C=O) groups is 3. The summed E-state index contributed by atoms with van der Waals surface area (Å²) in [6, 6.07) is 7.21. The molecule has 1 saturated carbocycles. The van der Waals surface area contributed by atoms with Gasteiger partial charge in [-0.15, -0.1) is 11.3 Å². The molecule has 1 aromatic carbocycles. The maximum atomic E-state index is 13.6. The molecule has 0 spiro atoms. The molecule has 0 unspecified atom stereocenters. The van der Waals surface area contributed by atoms with Gasteiger partial charge in [0.1, 0.15) is 5.75 Å². The number of hydrogen-bond acceptors (Lipinski definition) is 7. The second kappa shape index (κ2) is 9.11. The van der Waals surface area contributed by atoms with Crippen molar-refractivity contribution in [3.05, 3.63) is 45.9 Å². The summed E-state index contributed by atoms with van der Waals surface area (Å²) >= 11 is 1.65. The number of amides is 3. The first-order valence-corrected chi connectivity index (χ1v) is 12.7. The van der Waals surface area contributed by atoms with Crippen LogP contribution < -0.4 is 4.74 Å². The number of benzene rings is 1. The molecule has 3 heterocycles. The van der Waals surface area contributed by atoms with Crippen LogP contribution in [0, 0.1) is 6.92 Å². The van der Waals surface area contributed by atoms with Crippen LogP contribution in [0.25, 0.3) is 0 Å². The average Bonchev–Trinajstić information content (AvgIpc) is 3.53. The molecule has 3 fully saturated rings. The molecule has 2 saturated heterocycles. The van der Waals surface area contributed by atoms with Crippen LogP contribution in [0.15, 0.2) is 29.6 Å². The van der Waals surface area contributed by atoms with Crippen LogP contribution in [-0.2, 0) is 26.3 Å². The highest BCUT2D eigenvalue weighted by Gasteiger charge is 2.57. The van der Waals surface area contributed by atoms with Gasteiger partial charge in [-0.2, -0.15) is 0 Å². The van der Waals surface area contributed by atoms with Gasteiger partial charge in [-0.3, -0.25) is 24.2 Å². The molecule has 8 nitrogen and oxygen atoms in total. The van der Waals surface area contributed by atoms with Crippen molar-refractivity contribution in [1.29, 1.82) is 0 Å². The Morgan fingerprint density at radius 3 is 2.44 bits per heavy atom. The molecule has 0 bridgehead atoms. The molecule has 1 atom stereocenters. The normalized spacial score (nSPS) is 23.6. The highest BCUT2D eigenvalue weighted by Crippen LogP contribution is 2.44. The first-order valence-electron chi connectivity index (χ1n) is 11.8. The Morgan fingerprint density at radius 2 is 1.85 bits per heavy atom. The lowest BCUT2D eigenvalue weighted by molar-refractivity contribution is -0.143. The summed E-state index contributed by atoms with van der Waals surface area (Å²) in [5.41, 5.74) is 0.634. The van der Waals surface area contributed by atoms with Gasteiger partial charge in [0.2, 0.25) is 17.7 Å². The Kier molecular flexibility index (Phi) is 6.16. The molecule has 2 aromatic rings. The number of thiazole rings is 1. The quantitative estimate of drug-likeness (QED) is 0.564. The number of carbonyl (C=O) groups excluding carboxylic acids is 3. The second-order valence-corrected chi connectivity index (χ2v) is 10.5. The van der Waals surface area contributed by atoms with E-state index in [4.69, 9.17) is 4.74 Å². The van der Waals surface area contributed by atoms with Gasteiger partial charge in [-0.1, -0.05) is 12.1 Å². The number of imide groups is 1. The van der Waals surface area contributed by atoms with E-state index >= 15 is 0 Å². The first-order chi connectivity index (χ1) is 16.4. The first kappa shape index (κ1) is 23.0. The Labute approximate surface area is 203 Å². The number of likely N-dealkylation sites (tertiary alicyclic amines) is 1. The van der Waals surface area contributed by atoms with Crippen molar-refractivity contribution in [2.24, 2.45) is 0 Å². The SMILES string of the molecule is COc1ccc([C@]2(CC(=O)N3CCN(Cc4csc(C)n4)CC3)CC(=O)N(C3CC3)C2=O)cc1. The molecule has 9 heteroatoms. The van der Waals surface area contributed by atoms with Gasteiger partial charge in [0.25, 0.3) is 0 Å². The summed E-state index contributed by atoms with van der Waals surface area (Å²) in [4.78, 5) is 50.1. The van der Waals surface area contributed by atoms with Crippen molar-refractivity contribution >= 4 is 29.1 Å². The van der Waals surface area contributed by atoms with Gasteiger partial charge >= 0.3 is 0 Å². The largest absolute Gasteiger partial charge is 0.497 e. The zero-order chi connectivity index (χ0) is 23.9. The van der Waals surface area contributed by atoms with Crippen LogP contribution in [-0.4, -0.2) is 76.7 Å². The molecular weight excluding hydrogens is 452 g/mol. The molecule has 180 valence electrons. The predicted molar refractivity (Wildman–Crippen MR) is 127 cm³/mol. The number of ether oxygens (including phenoxy) is 1. The molecular formula is C25H30N4O4S. The average molecular weight is 483 g/mol. The van der Waals surface area contributed by atoms with Gasteiger partial charge < -0.3 is 9.64 Å². The molecule has 0 radical (unpaired) electrons. The molecule has 34 heavy (non-hydrogen) atoms. The number of aromatic nitrogens is 1. The standard InChI is InChI=1S/C25H30N4O4S/c1-17-26-19(16-34-17)15-27-9-11-28(12-10-27)22(30)13-25(18-3-7-21(33-2)8-4-18)14-23(31)29(24(25)32)20-5-6-20/h3-4,7-8,16,20H,5-6,9-15H2,1-2H3/t25-/m0/s1. The summed E-state index contributed by atoms with van der Waals surface area (Å²) in [5.74, 6) is 0.210. The molecule has 0 N–H and O–H groups in total. The minimum Gasteiger partial charge on any atom is -0.497 e. The summed E-state index contributed by atoms with van der Waals surface area (Å²) in [7, 11) is 1.59. The smallest absolute Gasteiger partial charge is 0.241 e. The maximum Gasteiger partial charge on any atom is 0.241 e. The number of nitrogens with zero attached hydrogens (tertiary/aromatic N) is 4. The van der Waals surface area contributed by atoms with E-state index in [-0.39, 0.29) is 36.6 Å². The van der Waals surface area contributed by atoms with Gasteiger partial charge in [-0.05, 0) is 37.5 Å². The fourth-order valence-corrected chi connectivity index (χ4v) is 5.68. The Balaban J connectivity index is 1.31. The van der Waals surface area contributed by atoms with Gasteiger partial charge in [0, 0.05) is 57.0 Å². The highest BCUT2D eigenvalue weighted by molar-refractivity contribution is 7.09. The van der Waals surface area contributed by atoms with Gasteiger partial charge in [0.15, 0.2) is 0 Å². The van der Waals surface area contributed by atoms with Crippen LogP contribution >= 0.6 is 11.3 Å². The molecule has 1 aliphatic carbocycles. The predicted octanol–water partition coefficient (Wildman–Crippen LogP) is 2.35. The van der Waals surface area contributed by atoms with Gasteiger partial charge in [0.05, 0.1) is 23.2 Å². The second-order valence-electron chi connectivity index (χ2n) is 9.48. The van der Waals surface area contributed by atoms with Crippen LogP contribution in [0.2, 0.25) is 0 Å². The molecule has 3 aliphatic rings. The Morgan fingerprint density at radius 1 is 1.15 bits per heavy atom. The Bertz CT molecular complexity index is 1090. The van der Waals surface area contributed by atoms with E-state index in [1.54, 1.807) is 30.6 Å². The van der Waals surface area contributed by atoms with E-state index < -0.39 is 5.41 Å². The molecule has 1 aromatic heterocycles. The van der Waals surface area contributed by atoms with Crippen molar-refractivity contribution in [1.82, 2.24) is 19.7 Å². The lowest BCUT2D eigenvalue weighted by Crippen LogP contribution is -2.50. The summed E-state index contributed by atoms with van der Waals surface area (Å²) in [6.45, 7) is 5.52. The van der Waals surface area contributed by atoms with E-state index in [0.29, 0.717) is 24.4 Å². The fourth-order valence-electron chi connectivity index (χ4n) is 5.08. The zero-order valence-electron chi connectivity index (χ0n) is 19.7. The minimum absolute atomic E-state index is 0.00637.